The summed E-state index contributed by atoms with van der Waals surface area (Å²) >= 11 is 1.55. The molecule has 8 nitrogen and oxygen atoms in total. The Hall–Kier alpha value is -3.72. The van der Waals surface area contributed by atoms with Crippen LogP contribution in [0.5, 0.6) is 0 Å². The number of esters is 1. The fourth-order valence-electron chi connectivity index (χ4n) is 4.90. The molecule has 4 aromatic rings. The summed E-state index contributed by atoms with van der Waals surface area (Å²) in [5.41, 5.74) is 5.22. The van der Waals surface area contributed by atoms with Crippen molar-refractivity contribution in [1.82, 2.24) is 15.0 Å². The third-order valence-corrected chi connectivity index (χ3v) is 7.75. The van der Waals surface area contributed by atoms with Crippen LogP contribution in [0.25, 0.3) is 22.3 Å². The van der Waals surface area contributed by atoms with Gasteiger partial charge in [-0.15, -0.1) is 11.3 Å². The van der Waals surface area contributed by atoms with E-state index in [1.807, 2.05) is 47.8 Å². The summed E-state index contributed by atoms with van der Waals surface area (Å²) in [6.07, 6.45) is 6.36. The van der Waals surface area contributed by atoms with Crippen LogP contribution in [0.3, 0.4) is 0 Å². The van der Waals surface area contributed by atoms with Crippen LogP contribution in [-0.4, -0.2) is 41.1 Å². The van der Waals surface area contributed by atoms with Crippen LogP contribution < -0.4 is 15.8 Å². The van der Waals surface area contributed by atoms with Crippen molar-refractivity contribution in [2.24, 2.45) is 0 Å². The summed E-state index contributed by atoms with van der Waals surface area (Å²) in [6, 6.07) is 14.5. The predicted octanol–water partition coefficient (Wildman–Crippen LogP) is 5.66. The van der Waals surface area contributed by atoms with Gasteiger partial charge in [0.25, 0.3) is 5.56 Å². The number of nitrogens with one attached hydrogen (secondary N) is 2. The minimum atomic E-state index is -0.364. The van der Waals surface area contributed by atoms with Gasteiger partial charge in [0.15, 0.2) is 5.13 Å². The minimum Gasteiger partial charge on any atom is -0.469 e. The fourth-order valence-corrected chi connectivity index (χ4v) is 5.63. The SMILES string of the molecule is COC(=O)CCc1nc2cc(N(C)C3CCCCC3)c(Nc3nc(-c4ccccc4)cs3)cc2[nH]c1=O. The van der Waals surface area contributed by atoms with E-state index in [1.54, 1.807) is 11.3 Å². The highest BCUT2D eigenvalue weighted by Crippen LogP contribution is 2.36. The number of aromatic nitrogens is 3. The summed E-state index contributed by atoms with van der Waals surface area (Å²) in [5, 5.41) is 6.33. The Balaban J connectivity index is 1.52. The van der Waals surface area contributed by atoms with Crippen LogP contribution >= 0.6 is 11.3 Å². The monoisotopic (exact) mass is 517 g/mol. The standard InChI is InChI=1S/C28H31N5O3S/c1-33(19-11-7-4-8-12-19)25-16-22-21(30-27(35)20(29-22)13-14-26(34)36-2)15-23(25)31-28-32-24(17-37-28)18-9-5-3-6-10-18/h3,5-6,9-10,15-17,19H,4,7-8,11-14H2,1-2H3,(H,30,35)(H,31,32). The molecule has 1 aliphatic rings. The summed E-state index contributed by atoms with van der Waals surface area (Å²) in [5.74, 6) is -0.364. The molecule has 0 amide bonds. The van der Waals surface area contributed by atoms with E-state index < -0.39 is 0 Å². The third-order valence-electron chi connectivity index (χ3n) is 6.99. The van der Waals surface area contributed by atoms with E-state index in [1.165, 1.54) is 26.4 Å². The van der Waals surface area contributed by atoms with E-state index in [-0.39, 0.29) is 24.4 Å². The highest BCUT2D eigenvalue weighted by molar-refractivity contribution is 7.14. The molecule has 1 aliphatic carbocycles. The highest BCUT2D eigenvalue weighted by atomic mass is 32.1. The molecule has 0 radical (unpaired) electrons. The number of hydrogen-bond donors (Lipinski definition) is 2. The largest absolute Gasteiger partial charge is 0.469 e. The molecule has 5 rings (SSSR count). The Labute approximate surface area is 219 Å². The van der Waals surface area contributed by atoms with Gasteiger partial charge in [-0.3, -0.25) is 9.59 Å². The van der Waals surface area contributed by atoms with Crippen LogP contribution in [0.4, 0.5) is 16.5 Å². The van der Waals surface area contributed by atoms with Gasteiger partial charge in [-0.05, 0) is 25.0 Å². The number of rotatable bonds is 8. The zero-order valence-electron chi connectivity index (χ0n) is 21.1. The van der Waals surface area contributed by atoms with Gasteiger partial charge in [-0.2, -0.15) is 0 Å². The highest BCUT2D eigenvalue weighted by Gasteiger charge is 2.22. The molecule has 0 aliphatic heterocycles. The maximum Gasteiger partial charge on any atom is 0.305 e. The molecule has 2 aromatic carbocycles. The molecule has 9 heteroatoms. The molecule has 2 N–H and O–H groups in total. The number of aryl methyl sites for hydroxylation is 1. The van der Waals surface area contributed by atoms with Gasteiger partial charge < -0.3 is 19.9 Å². The zero-order chi connectivity index (χ0) is 25.8. The van der Waals surface area contributed by atoms with E-state index in [0.717, 1.165) is 40.6 Å². The molecular formula is C28H31N5O3S. The van der Waals surface area contributed by atoms with Crippen molar-refractivity contribution >= 4 is 44.8 Å². The first-order valence-corrected chi connectivity index (χ1v) is 13.5. The number of fused-ring (bicyclic) bond motifs is 1. The second-order valence-electron chi connectivity index (χ2n) is 9.41. The summed E-state index contributed by atoms with van der Waals surface area (Å²) in [6.45, 7) is 0. The number of carbonyl (C=O) groups excluding carboxylic acids is 1. The van der Waals surface area contributed by atoms with E-state index in [9.17, 15) is 9.59 Å². The second-order valence-corrected chi connectivity index (χ2v) is 10.3. The normalized spacial score (nSPS) is 14.0. The van der Waals surface area contributed by atoms with Crippen molar-refractivity contribution < 1.29 is 9.53 Å². The van der Waals surface area contributed by atoms with Gasteiger partial charge in [-0.1, -0.05) is 49.6 Å². The van der Waals surface area contributed by atoms with Gasteiger partial charge >= 0.3 is 5.97 Å². The molecule has 2 aromatic heterocycles. The van der Waals surface area contributed by atoms with Crippen LogP contribution in [-0.2, 0) is 16.0 Å². The Morgan fingerprint density at radius 1 is 1.16 bits per heavy atom. The smallest absolute Gasteiger partial charge is 0.305 e. The molecule has 0 unspecified atom stereocenters. The number of ether oxygens (including phenoxy) is 1. The van der Waals surface area contributed by atoms with Crippen molar-refractivity contribution in [3.8, 4) is 11.3 Å². The Morgan fingerprint density at radius 2 is 1.95 bits per heavy atom. The third kappa shape index (κ3) is 5.67. The molecule has 1 saturated carbocycles. The van der Waals surface area contributed by atoms with Gasteiger partial charge in [0.05, 0.1) is 41.6 Å². The first kappa shape index (κ1) is 25.0. The lowest BCUT2D eigenvalue weighted by atomic mass is 9.94. The molecule has 0 bridgehead atoms. The average molecular weight is 518 g/mol. The molecular weight excluding hydrogens is 486 g/mol. The molecule has 2 heterocycles. The van der Waals surface area contributed by atoms with Gasteiger partial charge in [-0.25, -0.2) is 9.97 Å². The number of methoxy groups -OCH3 is 1. The summed E-state index contributed by atoms with van der Waals surface area (Å²) in [7, 11) is 3.47. The van der Waals surface area contributed by atoms with Crippen LogP contribution in [0.15, 0.2) is 52.6 Å². The van der Waals surface area contributed by atoms with E-state index in [4.69, 9.17) is 9.72 Å². The molecule has 37 heavy (non-hydrogen) atoms. The Kier molecular flexibility index (Phi) is 7.50. The maximum absolute atomic E-state index is 12.7. The van der Waals surface area contributed by atoms with Gasteiger partial charge in [0.1, 0.15) is 5.69 Å². The second kappa shape index (κ2) is 11.1. The molecule has 0 atom stereocenters. The van der Waals surface area contributed by atoms with Crippen LogP contribution in [0, 0.1) is 0 Å². The van der Waals surface area contributed by atoms with E-state index in [0.29, 0.717) is 22.8 Å². The van der Waals surface area contributed by atoms with Crippen molar-refractivity contribution in [3.63, 3.8) is 0 Å². The quantitative estimate of drug-likeness (QED) is 0.291. The van der Waals surface area contributed by atoms with Gasteiger partial charge in [0.2, 0.25) is 0 Å². The van der Waals surface area contributed by atoms with Crippen molar-refractivity contribution in [2.75, 3.05) is 24.4 Å². The minimum absolute atomic E-state index is 0.111. The van der Waals surface area contributed by atoms with E-state index in [2.05, 4.69) is 27.2 Å². The molecule has 192 valence electrons. The first-order valence-electron chi connectivity index (χ1n) is 12.7. The van der Waals surface area contributed by atoms with Crippen molar-refractivity contribution in [3.05, 3.63) is 63.9 Å². The lowest BCUT2D eigenvalue weighted by molar-refractivity contribution is -0.140. The lowest BCUT2D eigenvalue weighted by Gasteiger charge is -2.34. The molecule has 0 saturated heterocycles. The topological polar surface area (TPSA) is 100 Å². The summed E-state index contributed by atoms with van der Waals surface area (Å²) in [4.78, 5) is 39.1. The lowest BCUT2D eigenvalue weighted by Crippen LogP contribution is -2.33. The number of H-pyrrole nitrogens is 1. The van der Waals surface area contributed by atoms with Crippen molar-refractivity contribution in [2.45, 2.75) is 51.0 Å². The summed E-state index contributed by atoms with van der Waals surface area (Å²) < 4.78 is 4.72. The number of thiazole rings is 1. The molecule has 0 spiro atoms. The fraction of sp³-hybridized carbons (Fsp3) is 0.357. The number of benzene rings is 2. The number of nitrogens with zero attached hydrogens (tertiary/aromatic N) is 3. The molecule has 1 fully saturated rings. The van der Waals surface area contributed by atoms with Crippen LogP contribution in [0.1, 0.15) is 44.2 Å². The van der Waals surface area contributed by atoms with Gasteiger partial charge in [0, 0.05) is 30.5 Å². The predicted molar refractivity (Wildman–Crippen MR) is 149 cm³/mol. The van der Waals surface area contributed by atoms with Crippen molar-refractivity contribution in [1.29, 1.82) is 0 Å². The number of anilines is 3. The van der Waals surface area contributed by atoms with Crippen LogP contribution in [0.2, 0.25) is 0 Å². The first-order chi connectivity index (χ1) is 18.0. The zero-order valence-corrected chi connectivity index (χ0v) is 21.9. The Morgan fingerprint density at radius 3 is 2.70 bits per heavy atom. The Bertz CT molecular complexity index is 1440. The number of aromatic amines is 1. The number of hydrogen-bond acceptors (Lipinski definition) is 8. The average Bonchev–Trinajstić information content (AvgIpc) is 3.40. The maximum atomic E-state index is 12.7. The van der Waals surface area contributed by atoms with E-state index >= 15 is 0 Å². The number of carbonyl (C=O) groups is 1.